The van der Waals surface area contributed by atoms with Gasteiger partial charge in [0.2, 0.25) is 10.0 Å². The van der Waals surface area contributed by atoms with Gasteiger partial charge in [0.15, 0.2) is 5.76 Å². The molecule has 0 aliphatic heterocycles. The number of amides is 1. The van der Waals surface area contributed by atoms with Crippen LogP contribution in [0.4, 0.5) is 13.2 Å². The van der Waals surface area contributed by atoms with Gasteiger partial charge >= 0.3 is 6.43 Å². The lowest BCUT2D eigenvalue weighted by Gasteiger charge is -2.21. The molecule has 0 aliphatic carbocycles. The fraction of sp³-hybridized carbons (Fsp3) is 0.375. The van der Waals surface area contributed by atoms with Crippen LogP contribution in [-0.4, -0.2) is 50.0 Å². The van der Waals surface area contributed by atoms with E-state index in [0.29, 0.717) is 17.0 Å². The van der Waals surface area contributed by atoms with Crippen LogP contribution >= 0.6 is 0 Å². The molecular formula is C16H18F3N3O5S. The molecule has 0 saturated heterocycles. The van der Waals surface area contributed by atoms with Gasteiger partial charge in [-0.3, -0.25) is 4.79 Å². The zero-order valence-electron chi connectivity index (χ0n) is 14.6. The van der Waals surface area contributed by atoms with E-state index >= 15 is 0 Å². The normalized spacial score (nSPS) is 14.1. The van der Waals surface area contributed by atoms with Crippen molar-refractivity contribution in [3.05, 3.63) is 41.6 Å². The summed E-state index contributed by atoms with van der Waals surface area (Å²) in [6.07, 6.45) is -3.85. The van der Waals surface area contributed by atoms with Gasteiger partial charge in [0.05, 0.1) is 24.5 Å². The number of aliphatic hydroxyl groups is 1. The molecular weight excluding hydrogens is 403 g/mol. The van der Waals surface area contributed by atoms with Crippen molar-refractivity contribution >= 4 is 15.9 Å². The smallest absolute Gasteiger partial charge is 0.315 e. The molecule has 1 aromatic heterocycles. The Labute approximate surface area is 158 Å². The van der Waals surface area contributed by atoms with E-state index in [1.54, 1.807) is 5.32 Å². The number of aliphatic hydroxyl groups excluding tert-OH is 1. The fourth-order valence-corrected chi connectivity index (χ4v) is 2.67. The summed E-state index contributed by atoms with van der Waals surface area (Å²) in [4.78, 5) is 11.0. The maximum Gasteiger partial charge on any atom is 0.315 e. The average molecular weight is 421 g/mol. The largest absolute Gasteiger partial charge is 0.386 e. The number of alkyl halides is 3. The monoisotopic (exact) mass is 421 g/mol. The molecule has 2 rings (SSSR count). The van der Waals surface area contributed by atoms with Gasteiger partial charge in [0.25, 0.3) is 5.91 Å². The third-order valence-corrected chi connectivity index (χ3v) is 4.35. The zero-order chi connectivity index (χ0) is 20.9. The molecule has 1 heterocycles. The summed E-state index contributed by atoms with van der Waals surface area (Å²) in [5.41, 5.74) is 1.07. The molecule has 2 atom stereocenters. The van der Waals surface area contributed by atoms with E-state index < -0.39 is 41.2 Å². The molecule has 0 unspecified atom stereocenters. The SMILES string of the molecule is CS(=O)(=O)NCc1cc(-c2ccc([C@H](O)[C@@H](CF)NC(=O)C(F)F)cc2)on1. The van der Waals surface area contributed by atoms with Gasteiger partial charge in [0.1, 0.15) is 12.8 Å². The number of hydrogen-bond donors (Lipinski definition) is 3. The van der Waals surface area contributed by atoms with Crippen molar-refractivity contribution in [1.29, 1.82) is 0 Å². The summed E-state index contributed by atoms with van der Waals surface area (Å²) in [5.74, 6) is -1.35. The number of halogens is 3. The number of sulfonamides is 1. The average Bonchev–Trinajstić information content (AvgIpc) is 3.12. The van der Waals surface area contributed by atoms with E-state index in [1.807, 2.05) is 0 Å². The molecule has 1 amide bonds. The standard InChI is InChI=1S/C16H18F3N3O5S/c1-28(25,26)20-8-11-6-13(27-22-11)9-2-4-10(5-3-9)14(23)12(7-17)21-16(24)15(18)19/h2-6,12,14-15,20,23H,7-8H2,1H3,(H,21,24)/t12-,14+/m1/s1. The first kappa shape index (κ1) is 21.9. The third kappa shape index (κ3) is 6.04. The summed E-state index contributed by atoms with van der Waals surface area (Å²) >= 11 is 0. The Morgan fingerprint density at radius 1 is 1.29 bits per heavy atom. The Hall–Kier alpha value is -2.44. The van der Waals surface area contributed by atoms with Crippen molar-refractivity contribution in [2.75, 3.05) is 12.9 Å². The highest BCUT2D eigenvalue weighted by atomic mass is 32.2. The van der Waals surface area contributed by atoms with Crippen molar-refractivity contribution in [2.45, 2.75) is 25.1 Å². The zero-order valence-corrected chi connectivity index (χ0v) is 15.4. The van der Waals surface area contributed by atoms with Crippen molar-refractivity contribution in [3.63, 3.8) is 0 Å². The number of carbonyl (C=O) groups excluding carboxylic acids is 1. The number of hydrogen-bond acceptors (Lipinski definition) is 6. The van der Waals surface area contributed by atoms with Gasteiger partial charge in [-0.1, -0.05) is 29.4 Å². The molecule has 12 heteroatoms. The molecule has 28 heavy (non-hydrogen) atoms. The van der Waals surface area contributed by atoms with Crippen LogP contribution in [0.5, 0.6) is 0 Å². The number of nitrogens with zero attached hydrogens (tertiary/aromatic N) is 1. The van der Waals surface area contributed by atoms with Crippen LogP contribution in [0.2, 0.25) is 0 Å². The summed E-state index contributed by atoms with van der Waals surface area (Å²) in [6, 6.07) is 5.83. The summed E-state index contributed by atoms with van der Waals surface area (Å²) in [6.45, 7) is -1.29. The number of carbonyl (C=O) groups is 1. The molecule has 0 saturated carbocycles. The molecule has 0 bridgehead atoms. The van der Waals surface area contributed by atoms with E-state index in [0.717, 1.165) is 6.26 Å². The number of nitrogens with one attached hydrogen (secondary N) is 2. The van der Waals surface area contributed by atoms with Crippen LogP contribution in [0.1, 0.15) is 17.4 Å². The van der Waals surface area contributed by atoms with Crippen molar-refractivity contribution in [3.8, 4) is 11.3 Å². The third-order valence-electron chi connectivity index (χ3n) is 3.68. The van der Waals surface area contributed by atoms with Gasteiger partial charge < -0.3 is 14.9 Å². The second kappa shape index (κ2) is 9.17. The fourth-order valence-electron chi connectivity index (χ4n) is 2.26. The second-order valence-electron chi connectivity index (χ2n) is 5.91. The maximum atomic E-state index is 13.0. The predicted octanol–water partition coefficient (Wildman–Crippen LogP) is 1.14. The van der Waals surface area contributed by atoms with Gasteiger partial charge in [0, 0.05) is 11.6 Å². The highest BCUT2D eigenvalue weighted by Crippen LogP contribution is 2.24. The van der Waals surface area contributed by atoms with Crippen molar-refractivity contribution in [2.24, 2.45) is 0 Å². The summed E-state index contributed by atoms with van der Waals surface area (Å²) in [7, 11) is -3.38. The van der Waals surface area contributed by atoms with Gasteiger partial charge in [-0.25, -0.2) is 17.5 Å². The molecule has 3 N–H and O–H groups in total. The van der Waals surface area contributed by atoms with Gasteiger partial charge in [-0.15, -0.1) is 0 Å². The van der Waals surface area contributed by atoms with Crippen LogP contribution < -0.4 is 10.0 Å². The number of benzene rings is 1. The van der Waals surface area contributed by atoms with Crippen LogP contribution in [0.25, 0.3) is 11.3 Å². The Morgan fingerprint density at radius 3 is 2.46 bits per heavy atom. The highest BCUT2D eigenvalue weighted by Gasteiger charge is 2.26. The number of aromatic nitrogens is 1. The number of rotatable bonds is 9. The Balaban J connectivity index is 2.08. The molecule has 2 aromatic rings. The molecule has 0 aliphatic rings. The van der Waals surface area contributed by atoms with Crippen LogP contribution in [0.15, 0.2) is 34.9 Å². The molecule has 8 nitrogen and oxygen atoms in total. The highest BCUT2D eigenvalue weighted by molar-refractivity contribution is 7.88. The molecule has 154 valence electrons. The van der Waals surface area contributed by atoms with E-state index in [-0.39, 0.29) is 12.1 Å². The minimum Gasteiger partial charge on any atom is -0.386 e. The lowest BCUT2D eigenvalue weighted by molar-refractivity contribution is -0.133. The Morgan fingerprint density at radius 2 is 1.93 bits per heavy atom. The first-order valence-electron chi connectivity index (χ1n) is 7.94. The first-order chi connectivity index (χ1) is 13.1. The Bertz CT molecular complexity index is 903. The van der Waals surface area contributed by atoms with Crippen LogP contribution in [-0.2, 0) is 21.4 Å². The quantitative estimate of drug-likeness (QED) is 0.558. The first-order valence-corrected chi connectivity index (χ1v) is 9.83. The summed E-state index contributed by atoms with van der Waals surface area (Å²) in [5, 5.41) is 15.6. The molecule has 1 aromatic carbocycles. The van der Waals surface area contributed by atoms with E-state index in [2.05, 4.69) is 9.88 Å². The minimum atomic E-state index is -3.38. The van der Waals surface area contributed by atoms with Crippen LogP contribution in [0.3, 0.4) is 0 Å². The topological polar surface area (TPSA) is 122 Å². The lowest BCUT2D eigenvalue weighted by Crippen LogP contribution is -2.43. The van der Waals surface area contributed by atoms with Crippen LogP contribution in [0, 0.1) is 0 Å². The van der Waals surface area contributed by atoms with E-state index in [9.17, 15) is 31.5 Å². The summed E-state index contributed by atoms with van der Waals surface area (Å²) < 4.78 is 67.1. The molecule has 0 spiro atoms. The molecule has 0 fully saturated rings. The predicted molar refractivity (Wildman–Crippen MR) is 92.5 cm³/mol. The minimum absolute atomic E-state index is 0.0544. The Kier molecular flexibility index (Phi) is 7.16. The van der Waals surface area contributed by atoms with E-state index in [4.69, 9.17) is 4.52 Å². The maximum absolute atomic E-state index is 13.0. The van der Waals surface area contributed by atoms with Gasteiger partial charge in [-0.2, -0.15) is 8.78 Å². The van der Waals surface area contributed by atoms with Crippen molar-refractivity contribution in [1.82, 2.24) is 15.2 Å². The second-order valence-corrected chi connectivity index (χ2v) is 7.75. The lowest BCUT2D eigenvalue weighted by atomic mass is 10.0. The van der Waals surface area contributed by atoms with Crippen molar-refractivity contribution < 1.29 is 36.0 Å². The van der Waals surface area contributed by atoms with Gasteiger partial charge in [-0.05, 0) is 5.56 Å². The molecule has 0 radical (unpaired) electrons. The van der Waals surface area contributed by atoms with E-state index in [1.165, 1.54) is 30.3 Å².